The molecule has 132 valence electrons. The number of benzene rings is 4. The first-order valence-corrected chi connectivity index (χ1v) is 8.58. The van der Waals surface area contributed by atoms with E-state index in [9.17, 15) is 9.65 Å². The number of fused-ring (bicyclic) bond motifs is 3. The van der Waals surface area contributed by atoms with Crippen LogP contribution in [0.4, 0.5) is 13.2 Å². The summed E-state index contributed by atoms with van der Waals surface area (Å²) in [5.74, 6) is -3.26. The van der Waals surface area contributed by atoms with Gasteiger partial charge >= 0.3 is 0 Å². The van der Waals surface area contributed by atoms with Gasteiger partial charge in [0.15, 0.2) is 11.6 Å². The summed E-state index contributed by atoms with van der Waals surface area (Å²) in [6, 6.07) is 16.5. The molecule has 0 amide bonds. The van der Waals surface area contributed by atoms with Crippen molar-refractivity contribution in [3.8, 4) is 17.2 Å². The van der Waals surface area contributed by atoms with Crippen molar-refractivity contribution in [2.45, 2.75) is 13.3 Å². The topological polar surface area (TPSA) is 23.8 Å². The number of nitriles is 1. The SMILES string of the molecule is CCc1ccc2c(ccc3c(F)c(-c4ccccc4C#N)c(F)c(F)c32)c1. The molecule has 0 aliphatic rings. The van der Waals surface area contributed by atoms with E-state index in [1.165, 1.54) is 18.2 Å². The van der Waals surface area contributed by atoms with Gasteiger partial charge in [-0.2, -0.15) is 5.26 Å². The smallest absolute Gasteiger partial charge is 0.170 e. The molecule has 0 aliphatic heterocycles. The van der Waals surface area contributed by atoms with Crippen LogP contribution >= 0.6 is 0 Å². The molecule has 27 heavy (non-hydrogen) atoms. The van der Waals surface area contributed by atoms with Crippen LogP contribution < -0.4 is 0 Å². The lowest BCUT2D eigenvalue weighted by molar-refractivity contribution is 0.510. The number of nitrogens with zero attached hydrogens (tertiary/aromatic N) is 1. The molecule has 0 heterocycles. The van der Waals surface area contributed by atoms with E-state index in [1.54, 1.807) is 24.3 Å². The summed E-state index contributed by atoms with van der Waals surface area (Å²) in [6.45, 7) is 2.00. The fourth-order valence-corrected chi connectivity index (χ4v) is 3.50. The molecule has 0 aromatic heterocycles. The second-order valence-electron chi connectivity index (χ2n) is 6.37. The Kier molecular flexibility index (Phi) is 4.08. The molecule has 0 bridgehead atoms. The highest BCUT2D eigenvalue weighted by Crippen LogP contribution is 2.38. The minimum absolute atomic E-state index is 0.00612. The van der Waals surface area contributed by atoms with Gasteiger partial charge in [0.25, 0.3) is 0 Å². The molecule has 0 saturated carbocycles. The van der Waals surface area contributed by atoms with Gasteiger partial charge in [-0.15, -0.1) is 0 Å². The molecule has 0 N–H and O–H groups in total. The minimum atomic E-state index is -1.28. The molecule has 4 heteroatoms. The molecule has 0 unspecified atom stereocenters. The molecule has 0 atom stereocenters. The van der Waals surface area contributed by atoms with Crippen LogP contribution in [0, 0.1) is 28.8 Å². The van der Waals surface area contributed by atoms with E-state index in [0.717, 1.165) is 17.4 Å². The molecule has 0 saturated heterocycles. The van der Waals surface area contributed by atoms with Crippen molar-refractivity contribution in [1.29, 1.82) is 5.26 Å². The van der Waals surface area contributed by atoms with Crippen molar-refractivity contribution in [3.63, 3.8) is 0 Å². The zero-order chi connectivity index (χ0) is 19.1. The fraction of sp³-hybridized carbons (Fsp3) is 0.0870. The van der Waals surface area contributed by atoms with E-state index in [-0.39, 0.29) is 21.9 Å². The Morgan fingerprint density at radius 3 is 2.33 bits per heavy atom. The summed E-state index contributed by atoms with van der Waals surface area (Å²) in [5, 5.41) is 10.3. The lowest BCUT2D eigenvalue weighted by Crippen LogP contribution is -2.00. The van der Waals surface area contributed by atoms with Gasteiger partial charge in [0.05, 0.1) is 17.2 Å². The average molecular weight is 361 g/mol. The molecular formula is C23H14F3N. The number of aryl methyl sites for hydroxylation is 1. The van der Waals surface area contributed by atoms with Gasteiger partial charge in [-0.25, -0.2) is 13.2 Å². The van der Waals surface area contributed by atoms with Crippen molar-refractivity contribution in [2.75, 3.05) is 0 Å². The lowest BCUT2D eigenvalue weighted by atomic mass is 9.93. The summed E-state index contributed by atoms with van der Waals surface area (Å²) in [6.07, 6.45) is 0.809. The first-order chi connectivity index (χ1) is 13.1. The predicted molar refractivity (Wildman–Crippen MR) is 101 cm³/mol. The Balaban J connectivity index is 2.14. The molecule has 0 fully saturated rings. The Hall–Kier alpha value is -3.32. The van der Waals surface area contributed by atoms with Crippen LogP contribution in [0.3, 0.4) is 0 Å². The maximum Gasteiger partial charge on any atom is 0.170 e. The van der Waals surface area contributed by atoms with E-state index in [0.29, 0.717) is 5.39 Å². The van der Waals surface area contributed by atoms with Crippen LogP contribution in [-0.2, 0) is 6.42 Å². The van der Waals surface area contributed by atoms with E-state index < -0.39 is 23.0 Å². The van der Waals surface area contributed by atoms with Crippen LogP contribution in [0.25, 0.3) is 32.7 Å². The summed E-state index contributed by atoms with van der Waals surface area (Å²) in [4.78, 5) is 0. The third-order valence-electron chi connectivity index (χ3n) is 4.90. The van der Waals surface area contributed by atoms with Crippen molar-refractivity contribution >= 4 is 21.5 Å². The number of halogens is 3. The normalized spacial score (nSPS) is 11.1. The Bertz CT molecular complexity index is 1250. The first-order valence-electron chi connectivity index (χ1n) is 8.58. The van der Waals surface area contributed by atoms with Gasteiger partial charge in [-0.05, 0) is 28.8 Å². The van der Waals surface area contributed by atoms with Gasteiger partial charge in [0.1, 0.15) is 5.82 Å². The van der Waals surface area contributed by atoms with Crippen molar-refractivity contribution < 1.29 is 13.2 Å². The maximum absolute atomic E-state index is 15.3. The van der Waals surface area contributed by atoms with Crippen molar-refractivity contribution in [2.24, 2.45) is 0 Å². The highest BCUT2D eigenvalue weighted by Gasteiger charge is 2.24. The number of rotatable bonds is 2. The van der Waals surface area contributed by atoms with Crippen LogP contribution in [0.1, 0.15) is 18.1 Å². The van der Waals surface area contributed by atoms with Gasteiger partial charge in [0.2, 0.25) is 0 Å². The fourth-order valence-electron chi connectivity index (χ4n) is 3.50. The quantitative estimate of drug-likeness (QED) is 0.295. The Morgan fingerprint density at radius 1 is 0.852 bits per heavy atom. The van der Waals surface area contributed by atoms with Gasteiger partial charge in [0, 0.05) is 16.3 Å². The van der Waals surface area contributed by atoms with Crippen LogP contribution in [0.2, 0.25) is 0 Å². The van der Waals surface area contributed by atoms with Crippen LogP contribution in [-0.4, -0.2) is 0 Å². The monoisotopic (exact) mass is 361 g/mol. The zero-order valence-corrected chi connectivity index (χ0v) is 14.5. The molecule has 1 nitrogen and oxygen atoms in total. The molecule has 0 spiro atoms. The Labute approximate surface area is 154 Å². The largest absolute Gasteiger partial charge is 0.206 e. The molecular weight excluding hydrogens is 347 g/mol. The second-order valence-corrected chi connectivity index (χ2v) is 6.37. The maximum atomic E-state index is 15.3. The lowest BCUT2D eigenvalue weighted by Gasteiger charge is -2.13. The van der Waals surface area contributed by atoms with Gasteiger partial charge in [-0.3, -0.25) is 0 Å². The van der Waals surface area contributed by atoms with E-state index >= 15 is 8.78 Å². The van der Waals surface area contributed by atoms with Crippen molar-refractivity contribution in [1.82, 2.24) is 0 Å². The van der Waals surface area contributed by atoms with E-state index in [4.69, 9.17) is 0 Å². The molecule has 4 aromatic carbocycles. The average Bonchev–Trinajstić information content (AvgIpc) is 2.71. The summed E-state index contributed by atoms with van der Waals surface area (Å²) in [5.41, 5.74) is 0.670. The van der Waals surface area contributed by atoms with E-state index in [1.807, 2.05) is 25.1 Å². The Morgan fingerprint density at radius 2 is 1.59 bits per heavy atom. The summed E-state index contributed by atoms with van der Waals surface area (Å²) in [7, 11) is 0. The number of hydrogen-bond acceptors (Lipinski definition) is 1. The standard InChI is InChI=1S/C23H14F3N/c1-2-13-7-9-17-14(11-13)8-10-18-19(17)22(25)23(26)20(21(18)24)16-6-4-3-5-15(16)12-27/h3-11H,2H2,1H3. The van der Waals surface area contributed by atoms with Gasteiger partial charge < -0.3 is 0 Å². The molecule has 0 radical (unpaired) electrons. The second kappa shape index (κ2) is 6.44. The van der Waals surface area contributed by atoms with Crippen LogP contribution in [0.5, 0.6) is 0 Å². The molecule has 4 aromatic rings. The van der Waals surface area contributed by atoms with Crippen LogP contribution in [0.15, 0.2) is 54.6 Å². The highest BCUT2D eigenvalue weighted by molar-refractivity contribution is 6.09. The van der Waals surface area contributed by atoms with E-state index in [2.05, 4.69) is 0 Å². The third-order valence-corrected chi connectivity index (χ3v) is 4.90. The van der Waals surface area contributed by atoms with Gasteiger partial charge in [-0.1, -0.05) is 55.5 Å². The first kappa shape index (κ1) is 17.1. The zero-order valence-electron chi connectivity index (χ0n) is 14.5. The number of hydrogen-bond donors (Lipinski definition) is 0. The third kappa shape index (κ3) is 2.55. The minimum Gasteiger partial charge on any atom is -0.206 e. The highest BCUT2D eigenvalue weighted by atomic mass is 19.2. The molecule has 4 rings (SSSR count). The molecule has 0 aliphatic carbocycles. The predicted octanol–water partition coefficient (Wildman–Crippen LogP) is 6.51. The van der Waals surface area contributed by atoms with Crippen molar-refractivity contribution in [3.05, 3.63) is 83.2 Å². The summed E-state index contributed by atoms with van der Waals surface area (Å²) < 4.78 is 45.3. The summed E-state index contributed by atoms with van der Waals surface area (Å²) >= 11 is 0.